The fraction of sp³-hybridized carbons (Fsp3) is 0.875. The van der Waals surface area contributed by atoms with Crippen LogP contribution in [0.4, 0.5) is 0 Å². The summed E-state index contributed by atoms with van der Waals surface area (Å²) >= 11 is 0. The Bertz CT molecular complexity index is 429. The molecule has 0 radical (unpaired) electrons. The summed E-state index contributed by atoms with van der Waals surface area (Å²) < 4.78 is 0. The van der Waals surface area contributed by atoms with Crippen LogP contribution in [0.5, 0.6) is 0 Å². The zero-order valence-electron chi connectivity index (χ0n) is 15.4. The molecule has 7 nitrogen and oxygen atoms in total. The molecule has 3 fully saturated rings. The summed E-state index contributed by atoms with van der Waals surface area (Å²) in [5.41, 5.74) is -0.221. The van der Waals surface area contributed by atoms with Gasteiger partial charge in [-0.05, 0) is 27.7 Å². The van der Waals surface area contributed by atoms with E-state index in [1.807, 2.05) is 27.7 Å². The van der Waals surface area contributed by atoms with E-state index >= 15 is 0 Å². The zero-order chi connectivity index (χ0) is 16.9. The number of carbonyl (C=O) groups excluding carboxylic acids is 1. The molecule has 0 saturated carbocycles. The highest BCUT2D eigenvalue weighted by molar-refractivity contribution is 14.0. The highest BCUT2D eigenvalue weighted by Gasteiger charge is 2.31. The van der Waals surface area contributed by atoms with Crippen LogP contribution in [-0.4, -0.2) is 85.6 Å². The smallest absolute Gasteiger partial charge is 0.242 e. The number of guanidine groups is 1. The molecule has 3 heterocycles. The Hall–Kier alpha value is -0.610. The molecule has 0 spiro atoms. The van der Waals surface area contributed by atoms with E-state index in [4.69, 9.17) is 0 Å². The van der Waals surface area contributed by atoms with Gasteiger partial charge in [-0.15, -0.1) is 24.0 Å². The van der Waals surface area contributed by atoms with Gasteiger partial charge in [-0.3, -0.25) is 14.6 Å². The minimum atomic E-state index is -0.221. The molecule has 0 aromatic rings. The van der Waals surface area contributed by atoms with E-state index in [0.29, 0.717) is 12.0 Å². The third kappa shape index (κ3) is 7.10. The Morgan fingerprint density at radius 2 is 1.83 bits per heavy atom. The lowest BCUT2D eigenvalue weighted by Crippen LogP contribution is -2.63. The third-order valence-corrected chi connectivity index (χ3v) is 4.14. The van der Waals surface area contributed by atoms with Crippen LogP contribution in [0, 0.1) is 0 Å². The first-order valence-electron chi connectivity index (χ1n) is 8.67. The van der Waals surface area contributed by atoms with Gasteiger partial charge in [0.15, 0.2) is 5.96 Å². The third-order valence-electron chi connectivity index (χ3n) is 4.14. The lowest BCUT2D eigenvalue weighted by atomic mass is 10.1. The Morgan fingerprint density at radius 1 is 1.17 bits per heavy atom. The highest BCUT2D eigenvalue weighted by atomic mass is 127. The van der Waals surface area contributed by atoms with Gasteiger partial charge in [-0.2, -0.15) is 0 Å². The Kier molecular flexibility index (Phi) is 8.72. The van der Waals surface area contributed by atoms with Crippen LogP contribution >= 0.6 is 24.0 Å². The summed E-state index contributed by atoms with van der Waals surface area (Å²) in [6.45, 7) is 15.6. The second-order valence-electron chi connectivity index (χ2n) is 7.36. The number of hydrogen-bond acceptors (Lipinski definition) is 4. The maximum atomic E-state index is 11.9. The Morgan fingerprint density at radius 3 is 2.33 bits per heavy atom. The van der Waals surface area contributed by atoms with E-state index in [2.05, 4.69) is 30.7 Å². The fourth-order valence-electron chi connectivity index (χ4n) is 3.08. The number of hydrogen-bond donors (Lipinski definition) is 3. The van der Waals surface area contributed by atoms with Crippen molar-refractivity contribution in [3.63, 3.8) is 0 Å². The normalized spacial score (nSPS) is 26.5. The van der Waals surface area contributed by atoms with Crippen molar-refractivity contribution >= 4 is 35.8 Å². The maximum Gasteiger partial charge on any atom is 0.242 e. The number of nitrogens with zero attached hydrogens (tertiary/aromatic N) is 3. The zero-order valence-corrected chi connectivity index (χ0v) is 17.7. The van der Waals surface area contributed by atoms with Crippen LogP contribution in [0.15, 0.2) is 4.99 Å². The second-order valence-corrected chi connectivity index (χ2v) is 7.36. The Balaban J connectivity index is 0.00000288. The predicted molar refractivity (Wildman–Crippen MR) is 109 cm³/mol. The average Bonchev–Trinajstić information content (AvgIpc) is 2.49. The van der Waals surface area contributed by atoms with Gasteiger partial charge < -0.3 is 16.0 Å². The molecule has 3 aliphatic rings. The van der Waals surface area contributed by atoms with Crippen molar-refractivity contribution in [3.05, 3.63) is 0 Å². The number of halogens is 1. The summed E-state index contributed by atoms with van der Waals surface area (Å²) in [5.74, 6) is 0.662. The van der Waals surface area contributed by atoms with E-state index in [1.165, 1.54) is 13.1 Å². The van der Waals surface area contributed by atoms with Crippen molar-refractivity contribution in [1.82, 2.24) is 25.8 Å². The number of fused-ring (bicyclic) bond motifs is 3. The molecule has 24 heavy (non-hydrogen) atoms. The molecule has 2 bridgehead atoms. The van der Waals surface area contributed by atoms with Gasteiger partial charge in [0.2, 0.25) is 5.91 Å². The molecule has 3 N–H and O–H groups in total. The summed E-state index contributed by atoms with van der Waals surface area (Å²) in [7, 11) is 0. The summed E-state index contributed by atoms with van der Waals surface area (Å²) in [6.07, 6.45) is 0. The number of nitrogens with one attached hydrogen (secondary N) is 3. The molecule has 140 valence electrons. The lowest BCUT2D eigenvalue weighted by Gasteiger charge is -2.47. The largest absolute Gasteiger partial charge is 0.357 e. The summed E-state index contributed by atoms with van der Waals surface area (Å²) in [6, 6.07) is 0.532. The van der Waals surface area contributed by atoms with E-state index < -0.39 is 0 Å². The van der Waals surface area contributed by atoms with E-state index in [1.54, 1.807) is 0 Å². The minimum absolute atomic E-state index is 0. The first-order chi connectivity index (χ1) is 10.9. The van der Waals surface area contributed by atoms with Crippen molar-refractivity contribution in [2.24, 2.45) is 4.99 Å². The van der Waals surface area contributed by atoms with Crippen LogP contribution in [0.1, 0.15) is 27.7 Å². The number of amides is 1. The molecule has 3 saturated heterocycles. The first kappa shape index (κ1) is 21.4. The van der Waals surface area contributed by atoms with Crippen LogP contribution in [0.3, 0.4) is 0 Å². The molecule has 3 rings (SSSR count). The van der Waals surface area contributed by atoms with E-state index in [0.717, 1.165) is 32.7 Å². The van der Waals surface area contributed by atoms with Crippen LogP contribution in [-0.2, 0) is 4.79 Å². The number of aliphatic imine (C=N–C) groups is 1. The number of piperazine rings is 3. The SMILES string of the molecule is CCNC(=NCC(=O)NC(C)(C)C)NCC1CN2CCN1CC2.I. The van der Waals surface area contributed by atoms with Gasteiger partial charge in [0.1, 0.15) is 6.54 Å². The quantitative estimate of drug-likeness (QED) is 0.313. The molecule has 0 aliphatic carbocycles. The van der Waals surface area contributed by atoms with E-state index in [-0.39, 0.29) is 42.0 Å². The molecule has 8 heteroatoms. The molecule has 3 aliphatic heterocycles. The minimum Gasteiger partial charge on any atom is -0.357 e. The number of rotatable bonds is 5. The highest BCUT2D eigenvalue weighted by Crippen LogP contribution is 2.14. The van der Waals surface area contributed by atoms with Crippen LogP contribution in [0.2, 0.25) is 0 Å². The molecular weight excluding hydrogens is 419 g/mol. The number of carbonyl (C=O) groups is 1. The molecule has 1 atom stereocenters. The fourth-order valence-corrected chi connectivity index (χ4v) is 3.08. The molecule has 0 aromatic carbocycles. The van der Waals surface area contributed by atoms with Gasteiger partial charge in [-0.1, -0.05) is 0 Å². The molecule has 1 amide bonds. The van der Waals surface area contributed by atoms with Gasteiger partial charge in [0, 0.05) is 57.4 Å². The molecule has 0 aromatic heterocycles. The average molecular weight is 452 g/mol. The van der Waals surface area contributed by atoms with Gasteiger partial charge in [0.25, 0.3) is 0 Å². The van der Waals surface area contributed by atoms with Gasteiger partial charge >= 0.3 is 0 Å². The molecular formula is C16H33IN6O. The topological polar surface area (TPSA) is 72.0 Å². The van der Waals surface area contributed by atoms with Crippen molar-refractivity contribution in [1.29, 1.82) is 0 Å². The monoisotopic (exact) mass is 452 g/mol. The van der Waals surface area contributed by atoms with Crippen molar-refractivity contribution in [3.8, 4) is 0 Å². The van der Waals surface area contributed by atoms with Crippen molar-refractivity contribution in [2.75, 3.05) is 52.4 Å². The molecule has 1 unspecified atom stereocenters. The lowest BCUT2D eigenvalue weighted by molar-refractivity contribution is -0.121. The van der Waals surface area contributed by atoms with Crippen LogP contribution in [0.25, 0.3) is 0 Å². The Labute approximate surface area is 163 Å². The summed E-state index contributed by atoms with van der Waals surface area (Å²) in [4.78, 5) is 21.3. The van der Waals surface area contributed by atoms with Gasteiger partial charge in [-0.25, -0.2) is 4.99 Å². The second kappa shape index (κ2) is 9.76. The first-order valence-corrected chi connectivity index (χ1v) is 8.67. The van der Waals surface area contributed by atoms with Crippen molar-refractivity contribution in [2.45, 2.75) is 39.3 Å². The van der Waals surface area contributed by atoms with Gasteiger partial charge in [0.05, 0.1) is 0 Å². The van der Waals surface area contributed by atoms with E-state index in [9.17, 15) is 4.79 Å². The standard InChI is InChI=1S/C16H32N6O.HI/c1-5-17-15(19-11-14(23)20-16(2,3)4)18-10-13-12-21-6-8-22(13)9-7-21;/h13H,5-12H2,1-4H3,(H,20,23)(H2,17,18,19);1H. The van der Waals surface area contributed by atoms with Crippen molar-refractivity contribution < 1.29 is 4.79 Å². The maximum absolute atomic E-state index is 11.9. The predicted octanol–water partition coefficient (Wildman–Crippen LogP) is 0.0740. The summed E-state index contributed by atoms with van der Waals surface area (Å²) in [5, 5.41) is 9.52. The van der Waals surface area contributed by atoms with Crippen LogP contribution < -0.4 is 16.0 Å².